The molecule has 0 aliphatic carbocycles. The topological polar surface area (TPSA) is 67.5 Å². The van der Waals surface area contributed by atoms with Crippen LogP contribution in [0.5, 0.6) is 0 Å². The van der Waals surface area contributed by atoms with Crippen molar-refractivity contribution in [2.75, 3.05) is 5.43 Å². The Hall–Kier alpha value is -3.47. The monoisotopic (exact) mass is 317 g/mol. The van der Waals surface area contributed by atoms with Crippen LogP contribution in [-0.2, 0) is 0 Å². The SMILES string of the molecule is O=[N+]([O-])c1ccccc1N/N=C\c1ccc(-c2ccccc2)cc1. The van der Waals surface area contributed by atoms with Crippen molar-refractivity contribution < 1.29 is 4.92 Å². The van der Waals surface area contributed by atoms with Crippen molar-refractivity contribution in [2.45, 2.75) is 0 Å². The van der Waals surface area contributed by atoms with Gasteiger partial charge in [0.05, 0.1) is 11.1 Å². The fraction of sp³-hybridized carbons (Fsp3) is 0. The zero-order chi connectivity index (χ0) is 16.8. The average molecular weight is 317 g/mol. The minimum Gasteiger partial charge on any atom is -0.272 e. The molecule has 1 N–H and O–H groups in total. The number of para-hydroxylation sites is 2. The third kappa shape index (κ3) is 3.64. The standard InChI is InChI=1S/C19H15N3O2/c23-22(24)19-9-5-4-8-18(19)21-20-14-15-10-12-17(13-11-15)16-6-2-1-3-7-16/h1-14,21H/b20-14-. The molecule has 0 saturated heterocycles. The third-order valence-corrected chi connectivity index (χ3v) is 3.52. The fourth-order valence-corrected chi connectivity index (χ4v) is 2.30. The number of nitrogens with zero attached hydrogens (tertiary/aromatic N) is 2. The highest BCUT2D eigenvalue weighted by molar-refractivity contribution is 5.82. The lowest BCUT2D eigenvalue weighted by molar-refractivity contribution is -0.384. The molecule has 5 heteroatoms. The molecule has 0 spiro atoms. The van der Waals surface area contributed by atoms with Crippen LogP contribution in [0.1, 0.15) is 5.56 Å². The summed E-state index contributed by atoms with van der Waals surface area (Å²) in [5.74, 6) is 0. The van der Waals surface area contributed by atoms with Crippen LogP contribution >= 0.6 is 0 Å². The molecule has 0 bridgehead atoms. The largest absolute Gasteiger partial charge is 0.294 e. The van der Waals surface area contributed by atoms with E-state index in [1.165, 1.54) is 6.07 Å². The summed E-state index contributed by atoms with van der Waals surface area (Å²) in [5.41, 5.74) is 6.25. The first-order valence-corrected chi connectivity index (χ1v) is 7.42. The Morgan fingerprint density at radius 2 is 1.46 bits per heavy atom. The summed E-state index contributed by atoms with van der Waals surface area (Å²) in [4.78, 5) is 10.5. The Morgan fingerprint density at radius 1 is 0.833 bits per heavy atom. The number of nitrogens with one attached hydrogen (secondary N) is 1. The maximum absolute atomic E-state index is 10.9. The Morgan fingerprint density at radius 3 is 2.17 bits per heavy atom. The predicted octanol–water partition coefficient (Wildman–Crippen LogP) is 4.71. The second kappa shape index (κ2) is 7.19. The Balaban J connectivity index is 1.71. The molecule has 0 aliphatic heterocycles. The van der Waals surface area contributed by atoms with Gasteiger partial charge < -0.3 is 0 Å². The molecule has 24 heavy (non-hydrogen) atoms. The predicted molar refractivity (Wildman–Crippen MR) is 96.2 cm³/mol. The van der Waals surface area contributed by atoms with Crippen molar-refractivity contribution in [2.24, 2.45) is 5.10 Å². The van der Waals surface area contributed by atoms with Gasteiger partial charge in [-0.3, -0.25) is 15.5 Å². The van der Waals surface area contributed by atoms with E-state index in [9.17, 15) is 10.1 Å². The van der Waals surface area contributed by atoms with Gasteiger partial charge in [0.1, 0.15) is 5.69 Å². The average Bonchev–Trinajstić information content (AvgIpc) is 2.63. The van der Waals surface area contributed by atoms with E-state index in [1.807, 2.05) is 42.5 Å². The minimum absolute atomic E-state index is 0.00549. The first-order valence-electron chi connectivity index (χ1n) is 7.42. The summed E-state index contributed by atoms with van der Waals surface area (Å²) < 4.78 is 0. The highest BCUT2D eigenvalue weighted by atomic mass is 16.6. The molecule has 0 amide bonds. The van der Waals surface area contributed by atoms with Gasteiger partial charge in [0.25, 0.3) is 5.69 Å². The summed E-state index contributed by atoms with van der Waals surface area (Å²) >= 11 is 0. The molecule has 0 unspecified atom stereocenters. The molecule has 3 aromatic rings. The van der Waals surface area contributed by atoms with Gasteiger partial charge in [-0.25, -0.2) is 0 Å². The lowest BCUT2D eigenvalue weighted by Crippen LogP contribution is -1.96. The second-order valence-corrected chi connectivity index (χ2v) is 5.13. The van der Waals surface area contributed by atoms with Gasteiger partial charge in [0, 0.05) is 6.07 Å². The lowest BCUT2D eigenvalue weighted by atomic mass is 10.0. The maximum Gasteiger partial charge on any atom is 0.294 e. The van der Waals surface area contributed by atoms with Gasteiger partial charge in [0.2, 0.25) is 0 Å². The van der Waals surface area contributed by atoms with Gasteiger partial charge in [0.15, 0.2) is 0 Å². The van der Waals surface area contributed by atoms with E-state index in [1.54, 1.807) is 24.4 Å². The van der Waals surface area contributed by atoms with Crippen LogP contribution in [0.15, 0.2) is 84.0 Å². The molecule has 0 radical (unpaired) electrons. The Kier molecular flexibility index (Phi) is 4.62. The number of hydrazone groups is 1. The van der Waals surface area contributed by atoms with Gasteiger partial charge in [-0.15, -0.1) is 0 Å². The first-order chi connectivity index (χ1) is 11.7. The molecule has 0 fully saturated rings. The van der Waals surface area contributed by atoms with E-state index in [4.69, 9.17) is 0 Å². The molecule has 0 saturated carbocycles. The molecule has 3 aromatic carbocycles. The quantitative estimate of drug-likeness (QED) is 0.421. The van der Waals surface area contributed by atoms with Crippen molar-refractivity contribution in [3.63, 3.8) is 0 Å². The molecule has 0 aromatic heterocycles. The van der Waals surface area contributed by atoms with Crippen LogP contribution < -0.4 is 5.43 Å². The molecule has 118 valence electrons. The third-order valence-electron chi connectivity index (χ3n) is 3.52. The zero-order valence-corrected chi connectivity index (χ0v) is 12.8. The highest BCUT2D eigenvalue weighted by Gasteiger charge is 2.10. The van der Waals surface area contributed by atoms with E-state index in [-0.39, 0.29) is 5.69 Å². The van der Waals surface area contributed by atoms with Crippen LogP contribution in [0.3, 0.4) is 0 Å². The van der Waals surface area contributed by atoms with Crippen LogP contribution in [0.25, 0.3) is 11.1 Å². The minimum atomic E-state index is -0.438. The summed E-state index contributed by atoms with van der Waals surface area (Å²) in [7, 11) is 0. The summed E-state index contributed by atoms with van der Waals surface area (Å²) in [6, 6.07) is 24.4. The number of rotatable bonds is 5. The molecular weight excluding hydrogens is 302 g/mol. The van der Waals surface area contributed by atoms with E-state index < -0.39 is 4.92 Å². The molecule has 0 heterocycles. The van der Waals surface area contributed by atoms with E-state index in [0.29, 0.717) is 5.69 Å². The zero-order valence-electron chi connectivity index (χ0n) is 12.8. The van der Waals surface area contributed by atoms with Crippen molar-refractivity contribution >= 4 is 17.6 Å². The fourth-order valence-electron chi connectivity index (χ4n) is 2.30. The Bertz CT molecular complexity index is 859. The number of benzene rings is 3. The van der Waals surface area contributed by atoms with Crippen LogP contribution in [0.4, 0.5) is 11.4 Å². The van der Waals surface area contributed by atoms with Crippen molar-refractivity contribution in [3.8, 4) is 11.1 Å². The molecule has 3 rings (SSSR count). The number of hydrogen-bond acceptors (Lipinski definition) is 4. The molecular formula is C19H15N3O2. The van der Waals surface area contributed by atoms with Crippen molar-refractivity contribution in [1.29, 1.82) is 0 Å². The number of nitro benzene ring substituents is 1. The number of nitro groups is 1. The summed E-state index contributed by atoms with van der Waals surface area (Å²) in [6.45, 7) is 0. The second-order valence-electron chi connectivity index (χ2n) is 5.13. The Labute approximate surface area is 139 Å². The van der Waals surface area contributed by atoms with Crippen LogP contribution in [0, 0.1) is 10.1 Å². The molecule has 0 aliphatic rings. The van der Waals surface area contributed by atoms with E-state index >= 15 is 0 Å². The van der Waals surface area contributed by atoms with Crippen LogP contribution in [0.2, 0.25) is 0 Å². The smallest absolute Gasteiger partial charge is 0.272 e. The number of anilines is 1. The molecule has 5 nitrogen and oxygen atoms in total. The van der Waals surface area contributed by atoms with E-state index in [2.05, 4.69) is 22.7 Å². The van der Waals surface area contributed by atoms with E-state index in [0.717, 1.165) is 16.7 Å². The number of hydrogen-bond donors (Lipinski definition) is 1. The first kappa shape index (κ1) is 15.4. The van der Waals surface area contributed by atoms with Gasteiger partial charge in [-0.1, -0.05) is 66.7 Å². The van der Waals surface area contributed by atoms with Crippen molar-refractivity contribution in [3.05, 3.63) is 94.5 Å². The maximum atomic E-state index is 10.9. The lowest BCUT2D eigenvalue weighted by Gasteiger charge is -2.02. The van der Waals surface area contributed by atoms with Crippen molar-refractivity contribution in [1.82, 2.24) is 0 Å². The summed E-state index contributed by atoms with van der Waals surface area (Å²) in [5, 5.41) is 15.0. The van der Waals surface area contributed by atoms with Crippen LogP contribution in [-0.4, -0.2) is 11.1 Å². The normalized spacial score (nSPS) is 10.7. The highest BCUT2D eigenvalue weighted by Crippen LogP contribution is 2.23. The molecule has 0 atom stereocenters. The van der Waals surface area contributed by atoms with Gasteiger partial charge in [-0.05, 0) is 22.8 Å². The van der Waals surface area contributed by atoms with Gasteiger partial charge >= 0.3 is 0 Å². The summed E-state index contributed by atoms with van der Waals surface area (Å²) in [6.07, 6.45) is 1.63. The van der Waals surface area contributed by atoms with Gasteiger partial charge in [-0.2, -0.15) is 5.10 Å².